The zero-order valence-electron chi connectivity index (χ0n) is 17.5. The Hall–Kier alpha value is -2.04. The molecule has 0 unspecified atom stereocenters. The number of amides is 1. The predicted molar refractivity (Wildman–Crippen MR) is 115 cm³/mol. The van der Waals surface area contributed by atoms with E-state index in [1.165, 1.54) is 49.7 Å². The summed E-state index contributed by atoms with van der Waals surface area (Å²) >= 11 is 0. The van der Waals surface area contributed by atoms with Gasteiger partial charge in [-0.15, -0.1) is 0 Å². The van der Waals surface area contributed by atoms with Gasteiger partial charge in [-0.05, 0) is 49.1 Å². The van der Waals surface area contributed by atoms with E-state index in [2.05, 4.69) is 46.8 Å². The van der Waals surface area contributed by atoms with Crippen LogP contribution in [-0.2, 0) is 17.9 Å². The molecule has 2 aliphatic rings. The number of likely N-dealkylation sites (tertiary alicyclic amines) is 1. The fourth-order valence-electron chi connectivity index (χ4n) is 4.51. The SMILES string of the molecule is CCCC1CCC(NC(=NC)NCc2cccc(CN3CCCC3=O)c2)CC1. The summed E-state index contributed by atoms with van der Waals surface area (Å²) in [5, 5.41) is 7.06. The van der Waals surface area contributed by atoms with Crippen molar-refractivity contribution in [1.29, 1.82) is 0 Å². The number of guanidine groups is 1. The van der Waals surface area contributed by atoms with Gasteiger partial charge < -0.3 is 15.5 Å². The van der Waals surface area contributed by atoms with Gasteiger partial charge in [-0.3, -0.25) is 9.79 Å². The number of aliphatic imine (C=N–C) groups is 1. The van der Waals surface area contributed by atoms with Gasteiger partial charge >= 0.3 is 0 Å². The van der Waals surface area contributed by atoms with Crippen LogP contribution in [0.2, 0.25) is 0 Å². The first-order valence-electron chi connectivity index (χ1n) is 11.0. The number of hydrogen-bond acceptors (Lipinski definition) is 2. The number of carbonyl (C=O) groups excluding carboxylic acids is 1. The summed E-state index contributed by atoms with van der Waals surface area (Å²) in [5.41, 5.74) is 2.42. The maximum Gasteiger partial charge on any atom is 0.222 e. The zero-order chi connectivity index (χ0) is 19.8. The minimum absolute atomic E-state index is 0.279. The second-order valence-electron chi connectivity index (χ2n) is 8.32. The molecule has 0 bridgehead atoms. The minimum atomic E-state index is 0.279. The molecule has 0 radical (unpaired) electrons. The van der Waals surface area contributed by atoms with Gasteiger partial charge in [0.15, 0.2) is 5.96 Å². The number of hydrogen-bond donors (Lipinski definition) is 2. The van der Waals surface area contributed by atoms with Gasteiger partial charge in [0.25, 0.3) is 0 Å². The van der Waals surface area contributed by atoms with Gasteiger partial charge in [0, 0.05) is 39.1 Å². The second kappa shape index (κ2) is 10.5. The lowest BCUT2D eigenvalue weighted by molar-refractivity contribution is -0.128. The van der Waals surface area contributed by atoms with Gasteiger partial charge in [0.2, 0.25) is 5.91 Å². The lowest BCUT2D eigenvalue weighted by atomic mass is 9.83. The van der Waals surface area contributed by atoms with E-state index in [0.29, 0.717) is 12.5 Å². The molecule has 0 aromatic heterocycles. The van der Waals surface area contributed by atoms with Crippen LogP contribution in [0.25, 0.3) is 0 Å². The van der Waals surface area contributed by atoms with E-state index < -0.39 is 0 Å². The molecular weight excluding hydrogens is 348 g/mol. The summed E-state index contributed by atoms with van der Waals surface area (Å²) in [6.45, 7) is 4.64. The van der Waals surface area contributed by atoms with E-state index in [1.807, 2.05) is 11.9 Å². The lowest BCUT2D eigenvalue weighted by Gasteiger charge is -2.30. The highest BCUT2D eigenvalue weighted by molar-refractivity contribution is 5.80. The Morgan fingerprint density at radius 1 is 1.21 bits per heavy atom. The zero-order valence-corrected chi connectivity index (χ0v) is 17.5. The molecule has 1 saturated heterocycles. The van der Waals surface area contributed by atoms with E-state index in [0.717, 1.165) is 37.9 Å². The van der Waals surface area contributed by atoms with Crippen LogP contribution in [0.3, 0.4) is 0 Å². The maximum absolute atomic E-state index is 11.9. The fraction of sp³-hybridized carbons (Fsp3) is 0.652. The van der Waals surface area contributed by atoms with Crippen LogP contribution in [-0.4, -0.2) is 36.4 Å². The standard InChI is InChI=1S/C23H36N4O/c1-3-6-18-10-12-21(13-11-18)26-23(24-2)25-16-19-7-4-8-20(15-19)17-27-14-5-9-22(27)28/h4,7-8,15,18,21H,3,5-6,9-14,16-17H2,1-2H3,(H2,24,25,26). The van der Waals surface area contributed by atoms with Crippen LogP contribution in [0, 0.1) is 5.92 Å². The number of benzene rings is 1. The Morgan fingerprint density at radius 2 is 2.00 bits per heavy atom. The monoisotopic (exact) mass is 384 g/mol. The summed E-state index contributed by atoms with van der Waals surface area (Å²) in [5.74, 6) is 2.09. The van der Waals surface area contributed by atoms with Gasteiger partial charge in [-0.1, -0.05) is 44.0 Å². The highest BCUT2D eigenvalue weighted by Gasteiger charge is 2.21. The predicted octanol–water partition coefficient (Wildman–Crippen LogP) is 3.83. The normalized spacial score (nSPS) is 23.1. The van der Waals surface area contributed by atoms with Crippen LogP contribution < -0.4 is 10.6 Å². The van der Waals surface area contributed by atoms with Crippen molar-refractivity contribution in [3.05, 3.63) is 35.4 Å². The van der Waals surface area contributed by atoms with E-state index in [4.69, 9.17) is 0 Å². The quantitative estimate of drug-likeness (QED) is 0.555. The molecule has 2 fully saturated rings. The van der Waals surface area contributed by atoms with E-state index >= 15 is 0 Å². The Labute approximate surface area is 170 Å². The van der Waals surface area contributed by atoms with Crippen molar-refractivity contribution < 1.29 is 4.79 Å². The van der Waals surface area contributed by atoms with Gasteiger partial charge in [0.05, 0.1) is 0 Å². The molecule has 1 amide bonds. The van der Waals surface area contributed by atoms with Crippen molar-refractivity contribution in [2.45, 2.75) is 77.4 Å². The Balaban J connectivity index is 1.46. The highest BCUT2D eigenvalue weighted by atomic mass is 16.2. The molecule has 5 heteroatoms. The second-order valence-corrected chi connectivity index (χ2v) is 8.32. The van der Waals surface area contributed by atoms with E-state index in [9.17, 15) is 4.79 Å². The van der Waals surface area contributed by atoms with Crippen molar-refractivity contribution in [2.75, 3.05) is 13.6 Å². The third-order valence-corrected chi connectivity index (χ3v) is 6.10. The average molecular weight is 385 g/mol. The van der Waals surface area contributed by atoms with Gasteiger partial charge in [-0.25, -0.2) is 0 Å². The molecule has 0 spiro atoms. The molecule has 1 saturated carbocycles. The molecule has 1 aliphatic heterocycles. The summed E-state index contributed by atoms with van der Waals surface area (Å²) in [6.07, 6.45) is 9.51. The smallest absolute Gasteiger partial charge is 0.222 e. The van der Waals surface area contributed by atoms with Crippen LogP contribution in [0.4, 0.5) is 0 Å². The summed E-state index contributed by atoms with van der Waals surface area (Å²) < 4.78 is 0. The number of carbonyl (C=O) groups is 1. The van der Waals surface area contributed by atoms with Crippen LogP contribution in [0.5, 0.6) is 0 Å². The topological polar surface area (TPSA) is 56.7 Å². The third-order valence-electron chi connectivity index (χ3n) is 6.10. The average Bonchev–Trinajstić information content (AvgIpc) is 3.11. The first kappa shape index (κ1) is 20.7. The molecule has 1 aliphatic carbocycles. The summed E-state index contributed by atoms with van der Waals surface area (Å²) in [4.78, 5) is 18.2. The Kier molecular flexibility index (Phi) is 7.75. The largest absolute Gasteiger partial charge is 0.354 e. The molecule has 28 heavy (non-hydrogen) atoms. The molecule has 2 N–H and O–H groups in total. The number of nitrogens with zero attached hydrogens (tertiary/aromatic N) is 2. The fourth-order valence-corrected chi connectivity index (χ4v) is 4.51. The van der Waals surface area contributed by atoms with Crippen molar-refractivity contribution in [3.8, 4) is 0 Å². The van der Waals surface area contributed by atoms with Crippen LogP contribution in [0.15, 0.2) is 29.3 Å². The number of rotatable bonds is 7. The minimum Gasteiger partial charge on any atom is -0.354 e. The summed E-state index contributed by atoms with van der Waals surface area (Å²) in [6, 6.07) is 9.05. The maximum atomic E-state index is 11.9. The molecule has 1 aromatic carbocycles. The Bertz CT molecular complexity index is 664. The van der Waals surface area contributed by atoms with Crippen molar-refractivity contribution in [2.24, 2.45) is 10.9 Å². The molecule has 1 aromatic rings. The van der Waals surface area contributed by atoms with Crippen LogP contribution >= 0.6 is 0 Å². The van der Waals surface area contributed by atoms with E-state index in [-0.39, 0.29) is 5.91 Å². The molecule has 154 valence electrons. The third kappa shape index (κ3) is 5.98. The first-order chi connectivity index (χ1) is 13.7. The molecule has 3 rings (SSSR count). The molecule has 0 atom stereocenters. The van der Waals surface area contributed by atoms with Crippen molar-refractivity contribution in [1.82, 2.24) is 15.5 Å². The molecule has 5 nitrogen and oxygen atoms in total. The van der Waals surface area contributed by atoms with Gasteiger partial charge in [0.1, 0.15) is 0 Å². The summed E-state index contributed by atoms with van der Waals surface area (Å²) in [7, 11) is 1.84. The van der Waals surface area contributed by atoms with Gasteiger partial charge in [-0.2, -0.15) is 0 Å². The Morgan fingerprint density at radius 3 is 2.68 bits per heavy atom. The molecule has 1 heterocycles. The molecular formula is C23H36N4O. The van der Waals surface area contributed by atoms with E-state index in [1.54, 1.807) is 0 Å². The number of nitrogens with one attached hydrogen (secondary N) is 2. The van der Waals surface area contributed by atoms with Crippen molar-refractivity contribution >= 4 is 11.9 Å². The first-order valence-corrected chi connectivity index (χ1v) is 11.0. The lowest BCUT2D eigenvalue weighted by Crippen LogP contribution is -2.44. The van der Waals surface area contributed by atoms with Crippen LogP contribution in [0.1, 0.15) is 69.4 Å². The van der Waals surface area contributed by atoms with Crippen molar-refractivity contribution in [3.63, 3.8) is 0 Å². The highest BCUT2D eigenvalue weighted by Crippen LogP contribution is 2.27.